The summed E-state index contributed by atoms with van der Waals surface area (Å²) < 4.78 is 46.9. The van der Waals surface area contributed by atoms with E-state index in [2.05, 4.69) is 15.1 Å². The predicted octanol–water partition coefficient (Wildman–Crippen LogP) is 4.86. The number of carbonyl (C=O) groups is 1. The Morgan fingerprint density at radius 1 is 1.12 bits per heavy atom. The van der Waals surface area contributed by atoms with Gasteiger partial charge in [-0.2, -0.15) is 18.3 Å². The molecular formula is C23H24F3N5O2. The first-order chi connectivity index (χ1) is 15.4. The number of amides is 1. The molecule has 0 N–H and O–H groups in total. The molecule has 7 nitrogen and oxygen atoms in total. The number of rotatable bonds is 2. The zero-order chi connectivity index (χ0) is 24.0. The van der Waals surface area contributed by atoms with E-state index in [1.54, 1.807) is 49.7 Å². The minimum atomic E-state index is -4.48. The van der Waals surface area contributed by atoms with Gasteiger partial charge in [-0.25, -0.2) is 14.8 Å². The van der Waals surface area contributed by atoms with Crippen molar-refractivity contribution in [3.8, 4) is 22.8 Å². The van der Waals surface area contributed by atoms with Crippen molar-refractivity contribution >= 4 is 6.09 Å². The van der Waals surface area contributed by atoms with Crippen LogP contribution in [0.1, 0.15) is 37.6 Å². The van der Waals surface area contributed by atoms with Crippen LogP contribution in [0.3, 0.4) is 0 Å². The van der Waals surface area contributed by atoms with Gasteiger partial charge in [0.2, 0.25) is 0 Å². The molecule has 174 valence electrons. The van der Waals surface area contributed by atoms with Crippen LogP contribution in [0.2, 0.25) is 0 Å². The number of benzene rings is 1. The Morgan fingerprint density at radius 3 is 2.52 bits per heavy atom. The lowest BCUT2D eigenvalue weighted by Gasteiger charge is -2.31. The second-order valence-electron chi connectivity index (χ2n) is 8.93. The third kappa shape index (κ3) is 4.99. The first-order valence-electron chi connectivity index (χ1n) is 10.5. The minimum Gasteiger partial charge on any atom is -0.444 e. The number of aryl methyl sites for hydroxylation is 1. The van der Waals surface area contributed by atoms with E-state index in [-0.39, 0.29) is 17.9 Å². The topological polar surface area (TPSA) is 73.1 Å². The highest BCUT2D eigenvalue weighted by Gasteiger charge is 2.32. The van der Waals surface area contributed by atoms with E-state index in [4.69, 9.17) is 4.74 Å². The van der Waals surface area contributed by atoms with Crippen LogP contribution < -0.4 is 0 Å². The zero-order valence-corrected chi connectivity index (χ0v) is 18.8. The number of fused-ring (bicyclic) bond motifs is 1. The molecule has 3 heterocycles. The van der Waals surface area contributed by atoms with Gasteiger partial charge in [-0.1, -0.05) is 12.1 Å². The first kappa shape index (κ1) is 22.8. The van der Waals surface area contributed by atoms with Gasteiger partial charge in [0, 0.05) is 30.9 Å². The van der Waals surface area contributed by atoms with Crippen LogP contribution in [-0.2, 0) is 30.9 Å². The van der Waals surface area contributed by atoms with Crippen LogP contribution in [0.25, 0.3) is 22.8 Å². The van der Waals surface area contributed by atoms with E-state index in [9.17, 15) is 18.0 Å². The lowest BCUT2D eigenvalue weighted by Crippen LogP contribution is -2.40. The fourth-order valence-corrected chi connectivity index (χ4v) is 3.63. The maximum atomic E-state index is 13.3. The van der Waals surface area contributed by atoms with Crippen LogP contribution >= 0.6 is 0 Å². The van der Waals surface area contributed by atoms with E-state index >= 15 is 0 Å². The molecule has 0 fully saturated rings. The average molecular weight is 459 g/mol. The Hall–Kier alpha value is -3.43. The van der Waals surface area contributed by atoms with E-state index in [1.165, 1.54) is 12.1 Å². The smallest absolute Gasteiger partial charge is 0.416 e. The number of carbonyl (C=O) groups excluding carboxylic acids is 1. The summed E-state index contributed by atoms with van der Waals surface area (Å²) in [7, 11) is 1.77. The highest BCUT2D eigenvalue weighted by atomic mass is 19.4. The van der Waals surface area contributed by atoms with E-state index in [0.717, 1.165) is 17.7 Å². The number of nitrogens with zero attached hydrogens (tertiary/aromatic N) is 5. The molecule has 0 aliphatic carbocycles. The van der Waals surface area contributed by atoms with Crippen molar-refractivity contribution in [3.63, 3.8) is 0 Å². The van der Waals surface area contributed by atoms with Gasteiger partial charge in [0.05, 0.1) is 23.5 Å². The van der Waals surface area contributed by atoms with Gasteiger partial charge in [-0.3, -0.25) is 4.68 Å². The van der Waals surface area contributed by atoms with Crippen molar-refractivity contribution in [2.75, 3.05) is 6.54 Å². The van der Waals surface area contributed by atoms with Gasteiger partial charge in [0.1, 0.15) is 11.3 Å². The minimum absolute atomic E-state index is 0.145. The molecule has 3 aromatic rings. The summed E-state index contributed by atoms with van der Waals surface area (Å²) in [5, 5.41) is 4.42. The number of hydrogen-bond donors (Lipinski definition) is 0. The number of halogens is 3. The van der Waals surface area contributed by atoms with Gasteiger partial charge in [-0.15, -0.1) is 0 Å². The second kappa shape index (κ2) is 8.17. The van der Waals surface area contributed by atoms with Crippen molar-refractivity contribution in [3.05, 3.63) is 53.3 Å². The Morgan fingerprint density at radius 2 is 1.88 bits per heavy atom. The molecule has 1 aliphatic rings. The third-order valence-electron chi connectivity index (χ3n) is 5.12. The standard InChI is InChI=1S/C23H24F3N5O2/c1-22(2,3)33-21(32)31-11-8-16-18(13-31)27-20(28-19(16)17-9-10-30(4)29-17)14-6-5-7-15(12-14)23(24,25)26/h5-7,9-10,12H,8,11,13H2,1-4H3. The molecule has 1 amide bonds. The van der Waals surface area contributed by atoms with Crippen molar-refractivity contribution in [2.24, 2.45) is 7.05 Å². The van der Waals surface area contributed by atoms with Crippen molar-refractivity contribution in [1.82, 2.24) is 24.6 Å². The summed E-state index contributed by atoms with van der Waals surface area (Å²) in [5.74, 6) is 0.145. The largest absolute Gasteiger partial charge is 0.444 e. The molecule has 10 heteroatoms. The fraction of sp³-hybridized carbons (Fsp3) is 0.391. The second-order valence-corrected chi connectivity index (χ2v) is 8.93. The van der Waals surface area contributed by atoms with E-state index in [1.807, 2.05) is 0 Å². The summed E-state index contributed by atoms with van der Waals surface area (Å²) in [6.07, 6.45) is -2.71. The summed E-state index contributed by atoms with van der Waals surface area (Å²) in [6.45, 7) is 5.94. The quantitative estimate of drug-likeness (QED) is 0.548. The lowest BCUT2D eigenvalue weighted by molar-refractivity contribution is -0.137. The molecule has 0 atom stereocenters. The molecular weight excluding hydrogens is 435 g/mol. The molecule has 0 saturated carbocycles. The van der Waals surface area contributed by atoms with Gasteiger partial charge < -0.3 is 9.64 Å². The third-order valence-corrected chi connectivity index (χ3v) is 5.12. The molecule has 0 unspecified atom stereocenters. The Balaban J connectivity index is 1.79. The van der Waals surface area contributed by atoms with Crippen molar-refractivity contribution in [2.45, 2.75) is 45.5 Å². The number of hydrogen-bond acceptors (Lipinski definition) is 5. The van der Waals surface area contributed by atoms with Crippen LogP contribution in [0.4, 0.5) is 18.0 Å². The molecule has 2 aromatic heterocycles. The van der Waals surface area contributed by atoms with Crippen molar-refractivity contribution in [1.29, 1.82) is 0 Å². The van der Waals surface area contributed by atoms with E-state index in [0.29, 0.717) is 30.0 Å². The predicted molar refractivity (Wildman–Crippen MR) is 115 cm³/mol. The molecule has 0 radical (unpaired) electrons. The highest BCUT2D eigenvalue weighted by Crippen LogP contribution is 2.34. The van der Waals surface area contributed by atoms with Gasteiger partial charge in [0.25, 0.3) is 0 Å². The SMILES string of the molecule is Cn1ccc(-c2nc(-c3cccc(C(F)(F)F)c3)nc3c2CCN(C(=O)OC(C)(C)C)C3)n1. The summed E-state index contributed by atoms with van der Waals surface area (Å²) in [5.41, 5.74) is 1.34. The Bertz CT molecular complexity index is 1200. The van der Waals surface area contributed by atoms with Gasteiger partial charge in [-0.05, 0) is 45.4 Å². The Labute approximate surface area is 189 Å². The van der Waals surface area contributed by atoms with Crippen LogP contribution in [0.5, 0.6) is 0 Å². The average Bonchev–Trinajstić information content (AvgIpc) is 3.17. The monoisotopic (exact) mass is 459 g/mol. The number of aromatic nitrogens is 4. The van der Waals surface area contributed by atoms with Crippen molar-refractivity contribution < 1.29 is 22.7 Å². The molecule has 1 aromatic carbocycles. The number of alkyl halides is 3. The maximum absolute atomic E-state index is 13.3. The fourth-order valence-electron chi connectivity index (χ4n) is 3.63. The highest BCUT2D eigenvalue weighted by molar-refractivity contribution is 5.70. The molecule has 0 bridgehead atoms. The summed E-state index contributed by atoms with van der Waals surface area (Å²) in [4.78, 5) is 23.3. The van der Waals surface area contributed by atoms with E-state index < -0.39 is 23.4 Å². The van der Waals surface area contributed by atoms with Gasteiger partial charge in [0.15, 0.2) is 5.82 Å². The van der Waals surface area contributed by atoms with Crippen LogP contribution in [-0.4, -0.2) is 42.9 Å². The van der Waals surface area contributed by atoms with Gasteiger partial charge >= 0.3 is 12.3 Å². The lowest BCUT2D eigenvalue weighted by atomic mass is 10.0. The summed E-state index contributed by atoms with van der Waals surface area (Å²) in [6, 6.07) is 6.69. The number of ether oxygens (including phenoxy) is 1. The van der Waals surface area contributed by atoms with Crippen LogP contribution in [0.15, 0.2) is 36.5 Å². The Kier molecular flexibility index (Phi) is 5.63. The maximum Gasteiger partial charge on any atom is 0.416 e. The normalized spacial score (nSPS) is 14.2. The summed E-state index contributed by atoms with van der Waals surface area (Å²) >= 11 is 0. The first-order valence-corrected chi connectivity index (χ1v) is 10.5. The van der Waals surface area contributed by atoms with Crippen LogP contribution in [0, 0.1) is 0 Å². The zero-order valence-electron chi connectivity index (χ0n) is 18.8. The molecule has 4 rings (SSSR count). The molecule has 1 aliphatic heterocycles. The molecule has 0 saturated heterocycles. The molecule has 0 spiro atoms. The molecule has 33 heavy (non-hydrogen) atoms.